The Bertz CT molecular complexity index is 882. The van der Waals surface area contributed by atoms with E-state index in [0.29, 0.717) is 16.4 Å². The van der Waals surface area contributed by atoms with Gasteiger partial charge in [0.1, 0.15) is 11.6 Å². The summed E-state index contributed by atoms with van der Waals surface area (Å²) in [6.45, 7) is 0. The van der Waals surface area contributed by atoms with E-state index in [9.17, 15) is 4.79 Å². The summed E-state index contributed by atoms with van der Waals surface area (Å²) >= 11 is 6.03. The number of pyridine rings is 1. The van der Waals surface area contributed by atoms with E-state index in [2.05, 4.69) is 15.6 Å². The third-order valence-electron chi connectivity index (χ3n) is 3.51. The number of amides is 1. The molecule has 0 spiro atoms. The predicted octanol–water partition coefficient (Wildman–Crippen LogP) is 4.74. The number of halogens is 1. The summed E-state index contributed by atoms with van der Waals surface area (Å²) in [5.41, 5.74) is 2.02. The molecule has 2 aromatic carbocycles. The maximum atomic E-state index is 12.2. The highest BCUT2D eigenvalue weighted by atomic mass is 35.5. The van der Waals surface area contributed by atoms with E-state index >= 15 is 0 Å². The Morgan fingerprint density at radius 1 is 1.04 bits per heavy atom. The van der Waals surface area contributed by atoms with Gasteiger partial charge >= 0.3 is 0 Å². The number of nitrogens with zero attached hydrogens (tertiary/aromatic N) is 1. The first-order chi connectivity index (χ1) is 12.2. The Kier molecular flexibility index (Phi) is 5.16. The molecule has 0 aliphatic rings. The monoisotopic (exact) mass is 353 g/mol. The Balaban J connectivity index is 1.70. The minimum Gasteiger partial charge on any atom is -0.495 e. The third-order valence-corrected chi connectivity index (χ3v) is 3.84. The van der Waals surface area contributed by atoms with Crippen molar-refractivity contribution in [3.05, 3.63) is 77.4 Å². The van der Waals surface area contributed by atoms with E-state index in [1.165, 1.54) is 0 Å². The lowest BCUT2D eigenvalue weighted by atomic mass is 10.2. The molecule has 0 fully saturated rings. The van der Waals surface area contributed by atoms with Crippen molar-refractivity contribution < 1.29 is 9.53 Å². The normalized spacial score (nSPS) is 10.2. The highest BCUT2D eigenvalue weighted by Crippen LogP contribution is 2.27. The number of carbonyl (C=O) groups excluding carboxylic acids is 1. The molecule has 25 heavy (non-hydrogen) atoms. The molecular weight excluding hydrogens is 338 g/mol. The van der Waals surface area contributed by atoms with E-state index < -0.39 is 0 Å². The minimum atomic E-state index is -0.302. The quantitative estimate of drug-likeness (QED) is 0.695. The lowest BCUT2D eigenvalue weighted by Gasteiger charge is -2.11. The fourth-order valence-corrected chi connectivity index (χ4v) is 2.50. The smallest absolute Gasteiger partial charge is 0.258 e. The largest absolute Gasteiger partial charge is 0.495 e. The summed E-state index contributed by atoms with van der Waals surface area (Å²) in [6, 6.07) is 18.0. The Hall–Kier alpha value is -3.05. The number of benzene rings is 2. The number of carbonyl (C=O) groups is 1. The van der Waals surface area contributed by atoms with Gasteiger partial charge in [-0.3, -0.25) is 4.79 Å². The first-order valence-electron chi connectivity index (χ1n) is 7.59. The Labute approximate surface area is 150 Å². The van der Waals surface area contributed by atoms with Crippen LogP contribution >= 0.6 is 11.6 Å². The molecule has 0 saturated heterocycles. The Morgan fingerprint density at radius 2 is 1.80 bits per heavy atom. The molecule has 2 N–H and O–H groups in total. The van der Waals surface area contributed by atoms with Crippen molar-refractivity contribution in [2.24, 2.45) is 0 Å². The molecule has 1 amide bonds. The van der Waals surface area contributed by atoms with Crippen molar-refractivity contribution in [3.8, 4) is 5.75 Å². The van der Waals surface area contributed by atoms with Gasteiger partial charge in [-0.1, -0.05) is 35.9 Å². The van der Waals surface area contributed by atoms with Crippen LogP contribution in [0.25, 0.3) is 0 Å². The zero-order chi connectivity index (χ0) is 17.6. The molecule has 0 unspecified atom stereocenters. The third kappa shape index (κ3) is 4.08. The second kappa shape index (κ2) is 7.68. The molecule has 0 aliphatic heterocycles. The van der Waals surface area contributed by atoms with Crippen molar-refractivity contribution >= 4 is 34.7 Å². The number of rotatable bonds is 5. The highest BCUT2D eigenvalue weighted by molar-refractivity contribution is 6.34. The second-order valence-corrected chi connectivity index (χ2v) is 5.60. The lowest BCUT2D eigenvalue weighted by molar-refractivity contribution is 0.102. The topological polar surface area (TPSA) is 63.2 Å². The molecule has 1 heterocycles. The van der Waals surface area contributed by atoms with Crippen LogP contribution in [0.2, 0.25) is 5.02 Å². The summed E-state index contributed by atoms with van der Waals surface area (Å²) in [5, 5.41) is 6.35. The van der Waals surface area contributed by atoms with Gasteiger partial charge in [0, 0.05) is 0 Å². The van der Waals surface area contributed by atoms with Crippen molar-refractivity contribution in [2.45, 2.75) is 0 Å². The predicted molar refractivity (Wildman–Crippen MR) is 99.9 cm³/mol. The van der Waals surface area contributed by atoms with Crippen LogP contribution < -0.4 is 15.4 Å². The first-order valence-corrected chi connectivity index (χ1v) is 7.97. The number of ether oxygens (including phenoxy) is 1. The number of para-hydroxylation sites is 2. The highest BCUT2D eigenvalue weighted by Gasteiger charge is 2.10. The average Bonchev–Trinajstić information content (AvgIpc) is 2.64. The molecule has 0 radical (unpaired) electrons. The number of hydrogen-bond donors (Lipinski definition) is 2. The van der Waals surface area contributed by atoms with Crippen LogP contribution in [0.1, 0.15) is 10.4 Å². The molecule has 1 aromatic heterocycles. The van der Waals surface area contributed by atoms with Gasteiger partial charge in [0.25, 0.3) is 5.91 Å². The summed E-state index contributed by atoms with van der Waals surface area (Å²) in [6.07, 6.45) is 1.63. The minimum absolute atomic E-state index is 0.302. The summed E-state index contributed by atoms with van der Waals surface area (Å²) in [4.78, 5) is 16.5. The SMILES string of the molecule is COc1ccccc1Nc1ccc(NC(=O)c2ccccc2Cl)nc1. The maximum absolute atomic E-state index is 12.2. The molecule has 5 nitrogen and oxygen atoms in total. The second-order valence-electron chi connectivity index (χ2n) is 5.19. The summed E-state index contributed by atoms with van der Waals surface area (Å²) in [7, 11) is 1.62. The molecule has 6 heteroatoms. The number of methoxy groups -OCH3 is 1. The Morgan fingerprint density at radius 3 is 2.52 bits per heavy atom. The number of aromatic nitrogens is 1. The fraction of sp³-hybridized carbons (Fsp3) is 0.0526. The van der Waals surface area contributed by atoms with E-state index in [0.717, 1.165) is 17.1 Å². The molecule has 126 valence electrons. The number of hydrogen-bond acceptors (Lipinski definition) is 4. The van der Waals surface area contributed by atoms with Crippen LogP contribution in [0.5, 0.6) is 5.75 Å². The number of anilines is 3. The summed E-state index contributed by atoms with van der Waals surface area (Å²) < 4.78 is 5.30. The van der Waals surface area contributed by atoms with Crippen molar-refractivity contribution in [1.29, 1.82) is 0 Å². The van der Waals surface area contributed by atoms with Gasteiger partial charge in [-0.15, -0.1) is 0 Å². The number of nitrogens with one attached hydrogen (secondary N) is 2. The fourth-order valence-electron chi connectivity index (χ4n) is 2.27. The molecule has 0 bridgehead atoms. The van der Waals surface area contributed by atoms with Crippen molar-refractivity contribution in [2.75, 3.05) is 17.7 Å². The van der Waals surface area contributed by atoms with Crippen LogP contribution in [-0.2, 0) is 0 Å². The standard InChI is InChI=1S/C19H16ClN3O2/c1-25-17-9-5-4-8-16(17)22-13-10-11-18(21-12-13)23-19(24)14-6-2-3-7-15(14)20/h2-12,22H,1H3,(H,21,23,24). The summed E-state index contributed by atoms with van der Waals surface area (Å²) in [5.74, 6) is 0.873. The van der Waals surface area contributed by atoms with E-state index in [1.54, 1.807) is 43.6 Å². The average molecular weight is 354 g/mol. The first kappa shape index (κ1) is 16.8. The molecule has 0 saturated carbocycles. The zero-order valence-corrected chi connectivity index (χ0v) is 14.2. The van der Waals surface area contributed by atoms with Gasteiger partial charge in [-0.2, -0.15) is 0 Å². The molecule has 0 atom stereocenters. The van der Waals surface area contributed by atoms with Crippen molar-refractivity contribution in [1.82, 2.24) is 4.98 Å². The van der Waals surface area contributed by atoms with Crippen molar-refractivity contribution in [3.63, 3.8) is 0 Å². The van der Waals surface area contributed by atoms with Crippen LogP contribution in [-0.4, -0.2) is 18.0 Å². The van der Waals surface area contributed by atoms with Crippen LogP contribution in [0.4, 0.5) is 17.2 Å². The van der Waals surface area contributed by atoms with E-state index in [-0.39, 0.29) is 5.91 Å². The molecule has 3 rings (SSSR count). The van der Waals surface area contributed by atoms with Gasteiger partial charge < -0.3 is 15.4 Å². The van der Waals surface area contributed by atoms with Crippen LogP contribution in [0, 0.1) is 0 Å². The van der Waals surface area contributed by atoms with Gasteiger partial charge in [0.2, 0.25) is 0 Å². The van der Waals surface area contributed by atoms with Gasteiger partial charge in [-0.25, -0.2) is 4.98 Å². The van der Waals surface area contributed by atoms with Gasteiger partial charge in [0.15, 0.2) is 0 Å². The van der Waals surface area contributed by atoms with Gasteiger partial charge in [-0.05, 0) is 36.4 Å². The molecule has 3 aromatic rings. The van der Waals surface area contributed by atoms with Crippen LogP contribution in [0.3, 0.4) is 0 Å². The maximum Gasteiger partial charge on any atom is 0.258 e. The van der Waals surface area contributed by atoms with Crippen LogP contribution in [0.15, 0.2) is 66.9 Å². The molecular formula is C19H16ClN3O2. The lowest BCUT2D eigenvalue weighted by Crippen LogP contribution is -2.13. The van der Waals surface area contributed by atoms with E-state index in [1.807, 2.05) is 30.3 Å². The zero-order valence-electron chi connectivity index (χ0n) is 13.5. The molecule has 0 aliphatic carbocycles. The van der Waals surface area contributed by atoms with E-state index in [4.69, 9.17) is 16.3 Å². The van der Waals surface area contributed by atoms with Gasteiger partial charge in [0.05, 0.1) is 35.3 Å².